The summed E-state index contributed by atoms with van der Waals surface area (Å²) in [7, 11) is 1.64. The van der Waals surface area contributed by atoms with Gasteiger partial charge >= 0.3 is 5.97 Å². The summed E-state index contributed by atoms with van der Waals surface area (Å²) in [6.07, 6.45) is -3.46. The molecule has 0 aliphatic heterocycles. The molecule has 0 saturated heterocycles. The van der Waals surface area contributed by atoms with Gasteiger partial charge in [-0.25, -0.2) is 4.79 Å². The summed E-state index contributed by atoms with van der Waals surface area (Å²) in [5.74, 6) is -4.27. The minimum atomic E-state index is -1.74. The predicted octanol–water partition coefficient (Wildman–Crippen LogP) is 2.36. The third-order valence-corrected chi connectivity index (χ3v) is 12.3. The Kier molecular flexibility index (Phi) is 8.50. The highest BCUT2D eigenvalue weighted by atomic mass is 32.1. The Bertz CT molecular complexity index is 1200. The van der Waals surface area contributed by atoms with E-state index in [9.17, 15) is 35.1 Å². The highest BCUT2D eigenvalue weighted by molar-refractivity contribution is 7.10. The van der Waals surface area contributed by atoms with E-state index in [4.69, 9.17) is 4.74 Å². The Labute approximate surface area is 246 Å². The van der Waals surface area contributed by atoms with Crippen LogP contribution in [-0.2, 0) is 14.3 Å². The number of likely N-dealkylation sites (N-methyl/N-ethyl adjacent to an activating group) is 1. The van der Waals surface area contributed by atoms with Crippen molar-refractivity contribution in [1.29, 1.82) is 0 Å². The lowest BCUT2D eigenvalue weighted by Gasteiger charge is -2.65. The normalized spacial score (nSPS) is 42.1. The molecule has 2 saturated carbocycles. The number of carbonyl (C=O) groups excluding carboxylic acids is 2. The van der Waals surface area contributed by atoms with Gasteiger partial charge in [-0.15, -0.1) is 11.3 Å². The number of hydrogen-bond donors (Lipinski definition) is 6. The summed E-state index contributed by atoms with van der Waals surface area (Å²) < 4.78 is 5.94. The zero-order valence-electron chi connectivity index (χ0n) is 25.3. The Morgan fingerprint density at radius 3 is 2.39 bits per heavy atom. The van der Waals surface area contributed by atoms with Crippen LogP contribution in [-0.4, -0.2) is 80.5 Å². The number of thiophene rings is 1. The summed E-state index contributed by atoms with van der Waals surface area (Å²) in [6.45, 7) is 11.7. The summed E-state index contributed by atoms with van der Waals surface area (Å²) in [5, 5.41) is 62.4. The molecule has 0 aromatic carbocycles. The minimum Gasteiger partial charge on any atom is -0.456 e. The highest BCUT2D eigenvalue weighted by Gasteiger charge is 2.70. The van der Waals surface area contributed by atoms with Crippen molar-refractivity contribution in [3.8, 4) is 0 Å². The Hall–Kier alpha value is -1.66. The molecule has 1 aromatic heterocycles. The van der Waals surface area contributed by atoms with Gasteiger partial charge in [-0.3, -0.25) is 4.79 Å². The van der Waals surface area contributed by atoms with Crippen molar-refractivity contribution in [2.75, 3.05) is 13.7 Å². The molecule has 10 heteroatoms. The van der Waals surface area contributed by atoms with Crippen LogP contribution < -0.4 is 5.32 Å². The molecule has 0 amide bonds. The molecule has 8 unspecified atom stereocenters. The molecule has 2 bridgehead atoms. The first-order chi connectivity index (χ1) is 18.9. The number of Topliss-reactive ketones (excluding diaryl/α,β-unsaturated/α-hetero) is 1. The van der Waals surface area contributed by atoms with Crippen LogP contribution in [0.3, 0.4) is 0 Å². The first kappa shape index (κ1) is 32.3. The van der Waals surface area contributed by atoms with Crippen LogP contribution in [0.4, 0.5) is 0 Å². The molecule has 230 valence electrons. The lowest BCUT2D eigenvalue weighted by Crippen LogP contribution is -2.73. The molecule has 3 aliphatic carbocycles. The number of aliphatic hydroxyl groups is 5. The van der Waals surface area contributed by atoms with Gasteiger partial charge in [-0.2, -0.15) is 0 Å². The number of fused-ring (bicyclic) bond motifs is 3. The van der Waals surface area contributed by atoms with Gasteiger partial charge in [0.2, 0.25) is 0 Å². The van der Waals surface area contributed by atoms with E-state index in [2.05, 4.69) is 5.32 Å². The number of hydrogen-bond acceptors (Lipinski definition) is 10. The number of nitrogens with one attached hydrogen (secondary N) is 1. The molecule has 3 aliphatic rings. The maximum atomic E-state index is 14.4. The largest absolute Gasteiger partial charge is 0.456 e. The molecule has 0 spiro atoms. The van der Waals surface area contributed by atoms with Crippen LogP contribution in [0.15, 0.2) is 28.7 Å². The summed E-state index contributed by atoms with van der Waals surface area (Å²) in [6, 6.07) is 2.95. The molecular weight excluding hydrogens is 546 g/mol. The quantitative estimate of drug-likeness (QED) is 0.215. The van der Waals surface area contributed by atoms with Gasteiger partial charge in [0.25, 0.3) is 0 Å². The van der Waals surface area contributed by atoms with Crippen LogP contribution in [0.2, 0.25) is 0 Å². The van der Waals surface area contributed by atoms with Crippen molar-refractivity contribution in [2.24, 2.45) is 34.5 Å². The third kappa shape index (κ3) is 4.48. The van der Waals surface area contributed by atoms with E-state index in [0.29, 0.717) is 11.1 Å². The monoisotopic (exact) mass is 593 g/mol. The third-order valence-electron chi connectivity index (χ3n) is 11.3. The SMILES string of the molecule is CNC(c1cccs1)C(O)C(=O)OC1CC2(O)C(C)C3C(O)(CO)[C@H](C)CC(O)[C@@]3(C)C(=O)[C@H](C)C(=C1C)C2(C)C. The number of carbonyl (C=O) groups is 2. The topological polar surface area (TPSA) is 157 Å². The average molecular weight is 594 g/mol. The molecule has 2 fully saturated rings. The van der Waals surface area contributed by atoms with Gasteiger partial charge in [0.1, 0.15) is 11.9 Å². The Morgan fingerprint density at radius 2 is 1.85 bits per heavy atom. The number of aliphatic hydroxyl groups excluding tert-OH is 3. The van der Waals surface area contributed by atoms with Crippen molar-refractivity contribution >= 4 is 23.1 Å². The fourth-order valence-electron chi connectivity index (χ4n) is 8.84. The fourth-order valence-corrected chi connectivity index (χ4v) is 9.71. The molecule has 9 nitrogen and oxygen atoms in total. The maximum absolute atomic E-state index is 14.4. The Balaban J connectivity index is 1.84. The predicted molar refractivity (Wildman–Crippen MR) is 155 cm³/mol. The van der Waals surface area contributed by atoms with Gasteiger partial charge in [-0.05, 0) is 61.7 Å². The van der Waals surface area contributed by atoms with E-state index in [0.717, 1.165) is 4.88 Å². The summed E-state index contributed by atoms with van der Waals surface area (Å²) in [4.78, 5) is 28.5. The highest BCUT2D eigenvalue weighted by Crippen LogP contribution is 2.64. The van der Waals surface area contributed by atoms with Crippen LogP contribution in [0, 0.1) is 34.5 Å². The van der Waals surface area contributed by atoms with E-state index >= 15 is 0 Å². The van der Waals surface area contributed by atoms with Gasteiger partial charge < -0.3 is 35.6 Å². The molecule has 6 N–H and O–H groups in total. The first-order valence-electron chi connectivity index (χ1n) is 14.5. The van der Waals surface area contributed by atoms with E-state index in [1.165, 1.54) is 11.3 Å². The van der Waals surface area contributed by atoms with Crippen molar-refractivity contribution in [3.05, 3.63) is 33.5 Å². The summed E-state index contributed by atoms with van der Waals surface area (Å²) >= 11 is 1.40. The number of ketones is 1. The van der Waals surface area contributed by atoms with Crippen molar-refractivity contribution < 1.29 is 39.9 Å². The van der Waals surface area contributed by atoms with Crippen molar-refractivity contribution in [3.63, 3.8) is 0 Å². The van der Waals surface area contributed by atoms with Crippen LogP contribution in [0.1, 0.15) is 72.2 Å². The van der Waals surface area contributed by atoms with Crippen LogP contribution >= 0.6 is 11.3 Å². The molecule has 1 heterocycles. The maximum Gasteiger partial charge on any atom is 0.337 e. The number of ether oxygens (including phenoxy) is 1. The molecule has 4 rings (SSSR count). The zero-order valence-corrected chi connectivity index (χ0v) is 26.2. The summed E-state index contributed by atoms with van der Waals surface area (Å²) in [5.41, 5.74) is -4.54. The van der Waals surface area contributed by atoms with Crippen LogP contribution in [0.5, 0.6) is 0 Å². The van der Waals surface area contributed by atoms with Gasteiger partial charge in [0.15, 0.2) is 6.10 Å². The van der Waals surface area contributed by atoms with E-state index in [-0.39, 0.29) is 18.6 Å². The molecule has 11 atom stereocenters. The number of rotatable bonds is 6. The van der Waals surface area contributed by atoms with Crippen molar-refractivity contribution in [1.82, 2.24) is 5.32 Å². The van der Waals surface area contributed by atoms with Crippen molar-refractivity contribution in [2.45, 2.75) is 96.9 Å². The van der Waals surface area contributed by atoms with E-state index in [1.54, 1.807) is 41.7 Å². The second-order valence-electron chi connectivity index (χ2n) is 13.4. The number of esters is 1. The molecule has 0 radical (unpaired) electrons. The lowest BCUT2D eigenvalue weighted by molar-refractivity contribution is -0.254. The Morgan fingerprint density at radius 1 is 1.22 bits per heavy atom. The van der Waals surface area contributed by atoms with Gasteiger partial charge in [-0.1, -0.05) is 40.7 Å². The standard InChI is InChI=1S/C31H47NO8S/c1-15-12-21(34)29(7)25(30(15,38)14-33)18(4)31(39)13-19(16(2)22(28(31,5)6)17(3)26(29)36)40-27(37)24(35)23(32-8)20-10-9-11-41-20/h9-11,15,17-19,21,23-25,32-35,38-39H,12-14H2,1-8H3/t15-,17-,18?,19?,21?,23?,24?,25?,29-,30?,31?/m1/s1. The average Bonchev–Trinajstić information content (AvgIpc) is 3.44. The second kappa shape index (κ2) is 10.8. The first-order valence-corrected chi connectivity index (χ1v) is 15.4. The second-order valence-corrected chi connectivity index (χ2v) is 14.4. The molecule has 41 heavy (non-hydrogen) atoms. The zero-order chi connectivity index (χ0) is 30.9. The van der Waals surface area contributed by atoms with Gasteiger partial charge in [0, 0.05) is 28.5 Å². The molecular formula is C31H47NO8S. The minimum absolute atomic E-state index is 0.0440. The van der Waals surface area contributed by atoms with E-state index < -0.39 is 82.6 Å². The van der Waals surface area contributed by atoms with Crippen LogP contribution in [0.25, 0.3) is 0 Å². The smallest absolute Gasteiger partial charge is 0.337 e. The van der Waals surface area contributed by atoms with E-state index in [1.807, 2.05) is 31.4 Å². The molecule has 1 aromatic rings. The fraction of sp³-hybridized carbons (Fsp3) is 0.742. The lowest BCUT2D eigenvalue weighted by atomic mass is 9.42. The van der Waals surface area contributed by atoms with Gasteiger partial charge in [0.05, 0.1) is 35.4 Å².